The Morgan fingerprint density at radius 3 is 2.88 bits per heavy atom. The lowest BCUT2D eigenvalue weighted by atomic mass is 10.1. The maximum absolute atomic E-state index is 10.2. The number of aromatic amines is 1. The summed E-state index contributed by atoms with van der Waals surface area (Å²) in [5.74, 6) is 5.90. The Balaban J connectivity index is 1.94. The van der Waals surface area contributed by atoms with E-state index in [2.05, 4.69) is 32.1 Å². The number of aliphatic hydroxyl groups excluding tert-OH is 3. The summed E-state index contributed by atoms with van der Waals surface area (Å²) in [5.41, 5.74) is 6.18. The maximum Gasteiger partial charge on any atom is 0.203 e. The summed E-state index contributed by atoms with van der Waals surface area (Å²) in [6.07, 6.45) is -2.81. The molecule has 11 heteroatoms. The van der Waals surface area contributed by atoms with Crippen molar-refractivity contribution in [2.45, 2.75) is 24.5 Å². The van der Waals surface area contributed by atoms with E-state index < -0.39 is 31.1 Å². The van der Waals surface area contributed by atoms with Crippen LogP contribution in [0.15, 0.2) is 6.33 Å². The Bertz CT molecular complexity index is 872. The van der Waals surface area contributed by atoms with Gasteiger partial charge >= 0.3 is 0 Å². The normalized spacial score (nSPS) is 25.8. The topological polar surface area (TPSA) is 154 Å². The highest BCUT2D eigenvalue weighted by molar-refractivity contribution is 7.71. The molecular formula is C14H18N6O4S. The van der Waals surface area contributed by atoms with Gasteiger partial charge in [0.2, 0.25) is 5.95 Å². The van der Waals surface area contributed by atoms with E-state index in [0.717, 1.165) is 0 Å². The molecule has 0 bridgehead atoms. The fourth-order valence-corrected chi connectivity index (χ4v) is 2.83. The van der Waals surface area contributed by atoms with Crippen molar-refractivity contribution in [2.24, 2.45) is 5.73 Å². The number of hydrogen-bond donors (Lipinski definition) is 6. The number of ether oxygens (including phenoxy) is 1. The van der Waals surface area contributed by atoms with Crippen LogP contribution in [-0.4, -0.2) is 72.8 Å². The standard InChI is InChI=1S/C14H18N6O4S/c15-3-1-2-4-16-14-18-11-8(12(25)19-14)17-6-20(11)13-10(23)9(22)7(5-21)24-13/h6-7,9-10,13,21-23H,3-5,15H2,(H2,16,18,19,25)/t7-,9+,10?,13-/m1/s1. The summed E-state index contributed by atoms with van der Waals surface area (Å²) in [6, 6.07) is 0. The summed E-state index contributed by atoms with van der Waals surface area (Å²) in [4.78, 5) is 11.4. The van der Waals surface area contributed by atoms with Gasteiger partial charge in [0.1, 0.15) is 29.5 Å². The molecule has 3 rings (SSSR count). The van der Waals surface area contributed by atoms with Crippen LogP contribution in [0.3, 0.4) is 0 Å². The first-order valence-corrected chi connectivity index (χ1v) is 7.96. The number of aliphatic hydroxyl groups is 3. The number of rotatable bonds is 4. The van der Waals surface area contributed by atoms with Crippen LogP contribution in [0.4, 0.5) is 5.95 Å². The SMILES string of the molecule is NCC#CCNc1nc(=S)c2ncn([C@@H]3O[C@H](CO)[C@H](O)C3O)c2[nH]1. The van der Waals surface area contributed by atoms with Gasteiger partial charge in [-0.25, -0.2) is 9.97 Å². The molecule has 134 valence electrons. The molecule has 0 spiro atoms. The second kappa shape index (κ2) is 7.44. The van der Waals surface area contributed by atoms with Gasteiger partial charge in [0, 0.05) is 0 Å². The molecule has 1 unspecified atom stereocenters. The van der Waals surface area contributed by atoms with Gasteiger partial charge < -0.3 is 36.1 Å². The van der Waals surface area contributed by atoms with Crippen molar-refractivity contribution in [1.82, 2.24) is 19.5 Å². The maximum atomic E-state index is 10.2. The minimum Gasteiger partial charge on any atom is -0.394 e. The summed E-state index contributed by atoms with van der Waals surface area (Å²) in [5, 5.41) is 32.3. The lowest BCUT2D eigenvalue weighted by Gasteiger charge is -2.17. The molecule has 7 N–H and O–H groups in total. The molecular weight excluding hydrogens is 348 g/mol. The molecule has 2 aromatic rings. The Hall–Kier alpha value is -2.07. The molecule has 0 radical (unpaired) electrons. The molecule has 1 saturated heterocycles. The molecule has 0 saturated carbocycles. The Labute approximate surface area is 147 Å². The van der Waals surface area contributed by atoms with E-state index in [4.69, 9.17) is 22.7 Å². The monoisotopic (exact) mass is 366 g/mol. The van der Waals surface area contributed by atoms with Gasteiger partial charge in [0.25, 0.3) is 0 Å². The van der Waals surface area contributed by atoms with Gasteiger partial charge in [-0.05, 0) is 0 Å². The Morgan fingerprint density at radius 1 is 1.40 bits per heavy atom. The third-order valence-electron chi connectivity index (χ3n) is 3.81. The van der Waals surface area contributed by atoms with Gasteiger partial charge in [-0.3, -0.25) is 4.57 Å². The second-order valence-corrected chi connectivity index (χ2v) is 5.77. The van der Waals surface area contributed by atoms with E-state index >= 15 is 0 Å². The van der Waals surface area contributed by atoms with E-state index in [1.165, 1.54) is 10.9 Å². The molecule has 2 aromatic heterocycles. The quantitative estimate of drug-likeness (QED) is 0.279. The molecule has 10 nitrogen and oxygen atoms in total. The third-order valence-corrected chi connectivity index (χ3v) is 4.09. The van der Waals surface area contributed by atoms with E-state index in [-0.39, 0.29) is 11.2 Å². The lowest BCUT2D eigenvalue weighted by Crippen LogP contribution is -2.33. The van der Waals surface area contributed by atoms with Gasteiger partial charge in [0.05, 0.1) is 26.0 Å². The highest BCUT2D eigenvalue weighted by Crippen LogP contribution is 2.31. The minimum absolute atomic E-state index is 0.258. The van der Waals surface area contributed by atoms with Crippen molar-refractivity contribution in [2.75, 3.05) is 25.0 Å². The zero-order chi connectivity index (χ0) is 18.0. The van der Waals surface area contributed by atoms with Gasteiger partial charge in [-0.2, -0.15) is 0 Å². The van der Waals surface area contributed by atoms with E-state index in [1.807, 2.05) is 0 Å². The molecule has 3 heterocycles. The zero-order valence-electron chi connectivity index (χ0n) is 13.1. The number of fused-ring (bicyclic) bond motifs is 1. The Kier molecular flexibility index (Phi) is 5.28. The smallest absolute Gasteiger partial charge is 0.203 e. The molecule has 0 amide bonds. The number of nitrogens with one attached hydrogen (secondary N) is 2. The minimum atomic E-state index is -1.23. The number of hydrogen-bond acceptors (Lipinski definition) is 9. The molecule has 1 aliphatic rings. The lowest BCUT2D eigenvalue weighted by molar-refractivity contribution is -0.0511. The molecule has 4 atom stereocenters. The number of imidazole rings is 1. The van der Waals surface area contributed by atoms with Crippen molar-refractivity contribution in [3.05, 3.63) is 11.0 Å². The van der Waals surface area contributed by atoms with Crippen LogP contribution in [0.5, 0.6) is 0 Å². The van der Waals surface area contributed by atoms with E-state index in [1.54, 1.807) is 0 Å². The number of aromatic nitrogens is 4. The van der Waals surface area contributed by atoms with Crippen LogP contribution < -0.4 is 11.1 Å². The van der Waals surface area contributed by atoms with Crippen molar-refractivity contribution in [1.29, 1.82) is 0 Å². The van der Waals surface area contributed by atoms with Crippen LogP contribution in [0.1, 0.15) is 6.23 Å². The summed E-state index contributed by atoms with van der Waals surface area (Å²) < 4.78 is 7.29. The fraction of sp³-hybridized carbons (Fsp3) is 0.500. The first kappa shape index (κ1) is 17.7. The molecule has 1 fully saturated rings. The van der Waals surface area contributed by atoms with Crippen LogP contribution in [0, 0.1) is 16.5 Å². The summed E-state index contributed by atoms with van der Waals surface area (Å²) in [6.45, 7) is 0.177. The van der Waals surface area contributed by atoms with Crippen LogP contribution in [-0.2, 0) is 4.74 Å². The molecule has 25 heavy (non-hydrogen) atoms. The Morgan fingerprint density at radius 2 is 2.20 bits per heavy atom. The van der Waals surface area contributed by atoms with Crippen LogP contribution in [0.25, 0.3) is 11.2 Å². The van der Waals surface area contributed by atoms with Crippen molar-refractivity contribution < 1.29 is 20.1 Å². The zero-order valence-corrected chi connectivity index (χ0v) is 13.9. The van der Waals surface area contributed by atoms with E-state index in [0.29, 0.717) is 23.7 Å². The third kappa shape index (κ3) is 3.36. The largest absolute Gasteiger partial charge is 0.394 e. The number of nitrogens with two attached hydrogens (primary N) is 1. The number of nitrogens with zero attached hydrogens (tertiary/aromatic N) is 3. The second-order valence-electron chi connectivity index (χ2n) is 5.38. The number of H-pyrrole nitrogens is 1. The first-order chi connectivity index (χ1) is 12.1. The molecule has 0 aromatic carbocycles. The van der Waals surface area contributed by atoms with Crippen molar-refractivity contribution in [3.63, 3.8) is 0 Å². The number of anilines is 1. The van der Waals surface area contributed by atoms with Crippen LogP contribution >= 0.6 is 12.2 Å². The van der Waals surface area contributed by atoms with Crippen molar-refractivity contribution >= 4 is 29.3 Å². The molecule has 0 aliphatic carbocycles. The predicted molar refractivity (Wildman–Crippen MR) is 91.0 cm³/mol. The highest BCUT2D eigenvalue weighted by atomic mass is 32.1. The molecule has 1 aliphatic heterocycles. The highest BCUT2D eigenvalue weighted by Gasteiger charge is 2.43. The predicted octanol–water partition coefficient (Wildman–Crippen LogP) is -1.53. The summed E-state index contributed by atoms with van der Waals surface area (Å²) >= 11 is 5.23. The first-order valence-electron chi connectivity index (χ1n) is 7.55. The van der Waals surface area contributed by atoms with Gasteiger partial charge in [-0.15, -0.1) is 0 Å². The van der Waals surface area contributed by atoms with Crippen LogP contribution in [0.2, 0.25) is 0 Å². The fourth-order valence-electron chi connectivity index (χ4n) is 2.59. The average Bonchev–Trinajstić information content (AvgIpc) is 3.14. The average molecular weight is 366 g/mol. The summed E-state index contributed by atoms with van der Waals surface area (Å²) in [7, 11) is 0. The van der Waals surface area contributed by atoms with Crippen molar-refractivity contribution in [3.8, 4) is 11.8 Å². The van der Waals surface area contributed by atoms with Gasteiger partial charge in [0.15, 0.2) is 10.9 Å². The van der Waals surface area contributed by atoms with Gasteiger partial charge in [-0.1, -0.05) is 24.1 Å². The van der Waals surface area contributed by atoms with E-state index in [9.17, 15) is 15.3 Å².